The number of ether oxygens (including phenoxy) is 1. The summed E-state index contributed by atoms with van der Waals surface area (Å²) < 4.78 is 20.4. The molecule has 1 aliphatic rings. The van der Waals surface area contributed by atoms with Crippen molar-refractivity contribution in [3.63, 3.8) is 0 Å². The number of carbonyl (C=O) groups is 1. The zero-order valence-corrected chi connectivity index (χ0v) is 14.9. The summed E-state index contributed by atoms with van der Waals surface area (Å²) in [6.45, 7) is 3.35. The van der Waals surface area contributed by atoms with Crippen molar-refractivity contribution in [2.24, 2.45) is 0 Å². The zero-order chi connectivity index (χ0) is 18.6. The zero-order valence-electron chi connectivity index (χ0n) is 14.9. The van der Waals surface area contributed by atoms with Gasteiger partial charge in [0.25, 0.3) is 0 Å². The number of rotatable bonds is 5. The molecule has 0 saturated carbocycles. The summed E-state index contributed by atoms with van der Waals surface area (Å²) in [6, 6.07) is 5.73. The van der Waals surface area contributed by atoms with E-state index in [4.69, 9.17) is 4.74 Å². The Balaban J connectivity index is 1.54. The molecule has 6 nitrogen and oxygen atoms in total. The Kier molecular flexibility index (Phi) is 5.56. The van der Waals surface area contributed by atoms with E-state index in [-0.39, 0.29) is 24.9 Å². The highest BCUT2D eigenvalue weighted by molar-refractivity contribution is 5.76. The molecule has 0 aliphatic carbocycles. The molecule has 1 aliphatic heterocycles. The Labute approximate surface area is 152 Å². The smallest absolute Gasteiger partial charge is 0.242 e. The topological polar surface area (TPSA) is 67.6 Å². The number of hydrogen-bond donors (Lipinski definition) is 1. The predicted octanol–water partition coefficient (Wildman–Crippen LogP) is 2.15. The van der Waals surface area contributed by atoms with Crippen molar-refractivity contribution in [2.45, 2.75) is 38.3 Å². The van der Waals surface area contributed by atoms with Gasteiger partial charge in [-0.05, 0) is 50.5 Å². The lowest BCUT2D eigenvalue weighted by Gasteiger charge is -2.27. The van der Waals surface area contributed by atoms with E-state index in [0.29, 0.717) is 38.1 Å². The number of aryl methyl sites for hydroxylation is 1. The number of imidazole rings is 1. The third-order valence-electron chi connectivity index (χ3n) is 4.82. The van der Waals surface area contributed by atoms with Crippen molar-refractivity contribution in [1.29, 1.82) is 0 Å². The lowest BCUT2D eigenvalue weighted by molar-refractivity contribution is -0.132. The normalized spacial score (nSPS) is 20.7. The number of hydrogen-bond acceptors (Lipinski definition) is 4. The summed E-state index contributed by atoms with van der Waals surface area (Å²) in [5.41, 5.74) is -0.992. The standard InChI is InChI=1S/C19H24FN3O3/c1-15-21-9-12-23(15)13-18(24)22-10-2-7-19(25,8-11-22)14-26-17-5-3-16(20)4-6-17/h3-6,9,12,25H,2,7-8,10-11,13-14H2,1H3. The lowest BCUT2D eigenvalue weighted by Crippen LogP contribution is -2.39. The number of halogens is 1. The average molecular weight is 361 g/mol. The van der Waals surface area contributed by atoms with Crippen molar-refractivity contribution < 1.29 is 19.0 Å². The molecule has 1 aromatic carbocycles. The minimum atomic E-state index is -0.992. The summed E-state index contributed by atoms with van der Waals surface area (Å²) in [5, 5.41) is 10.8. The van der Waals surface area contributed by atoms with E-state index in [1.807, 2.05) is 11.5 Å². The van der Waals surface area contributed by atoms with Gasteiger partial charge in [-0.2, -0.15) is 0 Å². The van der Waals surface area contributed by atoms with E-state index in [2.05, 4.69) is 4.98 Å². The van der Waals surface area contributed by atoms with E-state index < -0.39 is 5.60 Å². The highest BCUT2D eigenvalue weighted by atomic mass is 19.1. The van der Waals surface area contributed by atoms with Crippen LogP contribution in [0.2, 0.25) is 0 Å². The highest BCUT2D eigenvalue weighted by Gasteiger charge is 2.32. The summed E-state index contributed by atoms with van der Waals surface area (Å²) >= 11 is 0. The number of amides is 1. The summed E-state index contributed by atoms with van der Waals surface area (Å²) in [4.78, 5) is 18.4. The van der Waals surface area contributed by atoms with Crippen molar-refractivity contribution in [3.8, 4) is 5.75 Å². The Morgan fingerprint density at radius 2 is 2.08 bits per heavy atom. The van der Waals surface area contributed by atoms with Crippen molar-refractivity contribution in [1.82, 2.24) is 14.5 Å². The third-order valence-corrected chi connectivity index (χ3v) is 4.82. The number of carbonyl (C=O) groups excluding carboxylic acids is 1. The fourth-order valence-electron chi connectivity index (χ4n) is 3.14. The molecule has 0 radical (unpaired) electrons. The van der Waals surface area contributed by atoms with Crippen LogP contribution in [0.15, 0.2) is 36.7 Å². The maximum absolute atomic E-state index is 12.9. The Morgan fingerprint density at radius 3 is 2.77 bits per heavy atom. The minimum absolute atomic E-state index is 0.0230. The van der Waals surface area contributed by atoms with Crippen LogP contribution in [0.4, 0.5) is 4.39 Å². The Morgan fingerprint density at radius 1 is 1.31 bits per heavy atom. The molecule has 1 N–H and O–H groups in total. The van der Waals surface area contributed by atoms with Gasteiger partial charge in [0.2, 0.25) is 5.91 Å². The van der Waals surface area contributed by atoms with Crippen LogP contribution in [0.3, 0.4) is 0 Å². The fourth-order valence-corrected chi connectivity index (χ4v) is 3.14. The van der Waals surface area contributed by atoms with Crippen LogP contribution in [0.25, 0.3) is 0 Å². The van der Waals surface area contributed by atoms with E-state index in [9.17, 15) is 14.3 Å². The lowest BCUT2D eigenvalue weighted by atomic mass is 9.96. The van der Waals surface area contributed by atoms with Gasteiger partial charge in [0, 0.05) is 25.5 Å². The van der Waals surface area contributed by atoms with Gasteiger partial charge >= 0.3 is 0 Å². The molecule has 26 heavy (non-hydrogen) atoms. The van der Waals surface area contributed by atoms with E-state index in [1.54, 1.807) is 29.4 Å². The summed E-state index contributed by atoms with van der Waals surface area (Å²) in [7, 11) is 0. The van der Waals surface area contributed by atoms with Crippen LogP contribution in [-0.4, -0.2) is 50.8 Å². The number of aromatic nitrogens is 2. The van der Waals surface area contributed by atoms with Crippen molar-refractivity contribution in [2.75, 3.05) is 19.7 Å². The van der Waals surface area contributed by atoms with Gasteiger partial charge < -0.3 is 19.3 Å². The molecule has 3 rings (SSSR count). The summed E-state index contributed by atoms with van der Waals surface area (Å²) in [6.07, 6.45) is 5.18. The first-order valence-corrected chi connectivity index (χ1v) is 8.81. The monoisotopic (exact) mass is 361 g/mol. The Bertz CT molecular complexity index is 747. The molecular formula is C19H24FN3O3. The number of likely N-dealkylation sites (tertiary alicyclic amines) is 1. The maximum atomic E-state index is 12.9. The van der Waals surface area contributed by atoms with Gasteiger partial charge in [-0.15, -0.1) is 0 Å². The van der Waals surface area contributed by atoms with Crippen molar-refractivity contribution >= 4 is 5.91 Å². The molecule has 0 spiro atoms. The fraction of sp³-hybridized carbons (Fsp3) is 0.474. The van der Waals surface area contributed by atoms with E-state index >= 15 is 0 Å². The molecule has 140 valence electrons. The maximum Gasteiger partial charge on any atom is 0.242 e. The first-order chi connectivity index (χ1) is 12.5. The molecule has 7 heteroatoms. The number of benzene rings is 1. The second-order valence-electron chi connectivity index (χ2n) is 6.80. The second-order valence-corrected chi connectivity index (χ2v) is 6.80. The Hall–Kier alpha value is -2.41. The minimum Gasteiger partial charge on any atom is -0.491 e. The quantitative estimate of drug-likeness (QED) is 0.886. The largest absolute Gasteiger partial charge is 0.491 e. The van der Waals surface area contributed by atoms with Gasteiger partial charge in [0.15, 0.2) is 0 Å². The second kappa shape index (κ2) is 7.86. The third kappa shape index (κ3) is 4.60. The molecule has 1 saturated heterocycles. The molecule has 1 aromatic heterocycles. The molecule has 1 atom stereocenters. The van der Waals surface area contributed by atoms with Gasteiger partial charge in [0.1, 0.15) is 36.1 Å². The van der Waals surface area contributed by atoms with Gasteiger partial charge in [-0.3, -0.25) is 4.79 Å². The van der Waals surface area contributed by atoms with Gasteiger partial charge in [0.05, 0.1) is 0 Å². The number of nitrogens with zero attached hydrogens (tertiary/aromatic N) is 3. The molecular weight excluding hydrogens is 337 g/mol. The van der Waals surface area contributed by atoms with Gasteiger partial charge in [-0.25, -0.2) is 9.37 Å². The predicted molar refractivity (Wildman–Crippen MR) is 94.2 cm³/mol. The average Bonchev–Trinajstić information content (AvgIpc) is 2.91. The van der Waals surface area contributed by atoms with Gasteiger partial charge in [-0.1, -0.05) is 0 Å². The van der Waals surface area contributed by atoms with Crippen LogP contribution >= 0.6 is 0 Å². The SMILES string of the molecule is Cc1nccn1CC(=O)N1CCCC(O)(COc2ccc(F)cc2)CC1. The highest BCUT2D eigenvalue weighted by Crippen LogP contribution is 2.24. The van der Waals surface area contributed by atoms with Crippen LogP contribution in [-0.2, 0) is 11.3 Å². The molecule has 2 aromatic rings. The van der Waals surface area contributed by atoms with Crippen LogP contribution < -0.4 is 4.74 Å². The molecule has 1 amide bonds. The van der Waals surface area contributed by atoms with Crippen LogP contribution in [0.5, 0.6) is 5.75 Å². The molecule has 2 heterocycles. The van der Waals surface area contributed by atoms with E-state index in [1.165, 1.54) is 12.1 Å². The first-order valence-electron chi connectivity index (χ1n) is 8.81. The van der Waals surface area contributed by atoms with Crippen molar-refractivity contribution in [3.05, 3.63) is 48.3 Å². The molecule has 0 bridgehead atoms. The van der Waals surface area contributed by atoms with Crippen LogP contribution in [0, 0.1) is 12.7 Å². The molecule has 1 fully saturated rings. The first kappa shape index (κ1) is 18.4. The number of aliphatic hydroxyl groups is 1. The summed E-state index contributed by atoms with van der Waals surface area (Å²) in [5.74, 6) is 1.02. The van der Waals surface area contributed by atoms with Crippen LogP contribution in [0.1, 0.15) is 25.1 Å². The van der Waals surface area contributed by atoms with E-state index in [0.717, 1.165) is 5.82 Å². The molecule has 1 unspecified atom stereocenters.